The third-order valence-corrected chi connectivity index (χ3v) is 6.51. The molecule has 1 aromatic heterocycles. The molecule has 2 aliphatic rings. The number of aromatic nitrogens is 1. The van der Waals surface area contributed by atoms with Crippen molar-refractivity contribution in [3.63, 3.8) is 0 Å². The standard InChI is InChI=1S/C26H38N6O2/c1-4-31-9-8-30(20-22(31)3)10-15-34-26-18-24(32-11-13-33-14-12-32)17-25(28-26)29-27-19-23-7-5-6-21(2)16-23/h5-7,16-19,22H,4,8-15,20H2,1-3H3,(H,28,29). The Hall–Kier alpha value is -2.68. The van der Waals surface area contributed by atoms with Crippen LogP contribution in [0.3, 0.4) is 0 Å². The van der Waals surface area contributed by atoms with Crippen molar-refractivity contribution in [1.29, 1.82) is 0 Å². The second-order valence-electron chi connectivity index (χ2n) is 9.06. The first-order valence-corrected chi connectivity index (χ1v) is 12.4. The zero-order valence-corrected chi connectivity index (χ0v) is 20.7. The van der Waals surface area contributed by atoms with Crippen LogP contribution in [0, 0.1) is 6.92 Å². The maximum atomic E-state index is 6.13. The molecule has 1 unspecified atom stereocenters. The van der Waals surface area contributed by atoms with E-state index in [-0.39, 0.29) is 0 Å². The van der Waals surface area contributed by atoms with Crippen molar-refractivity contribution in [2.45, 2.75) is 26.8 Å². The van der Waals surface area contributed by atoms with Gasteiger partial charge in [0, 0.05) is 63.1 Å². The average Bonchev–Trinajstić information content (AvgIpc) is 2.85. The van der Waals surface area contributed by atoms with Gasteiger partial charge in [-0.1, -0.05) is 36.8 Å². The summed E-state index contributed by atoms with van der Waals surface area (Å²) >= 11 is 0. The van der Waals surface area contributed by atoms with Gasteiger partial charge in [0.05, 0.1) is 19.4 Å². The maximum Gasteiger partial charge on any atom is 0.217 e. The first kappa shape index (κ1) is 24.4. The van der Waals surface area contributed by atoms with E-state index >= 15 is 0 Å². The summed E-state index contributed by atoms with van der Waals surface area (Å²) in [6.07, 6.45) is 1.81. The topological polar surface area (TPSA) is 65.5 Å². The van der Waals surface area contributed by atoms with Crippen LogP contribution in [0.2, 0.25) is 0 Å². The molecule has 1 N–H and O–H groups in total. The third kappa shape index (κ3) is 6.91. The van der Waals surface area contributed by atoms with Crippen LogP contribution in [0.4, 0.5) is 11.5 Å². The minimum absolute atomic E-state index is 0.587. The van der Waals surface area contributed by atoms with Gasteiger partial charge in [-0.2, -0.15) is 10.1 Å². The van der Waals surface area contributed by atoms with Gasteiger partial charge in [-0.25, -0.2) is 0 Å². The number of anilines is 2. The van der Waals surface area contributed by atoms with Gasteiger partial charge >= 0.3 is 0 Å². The van der Waals surface area contributed by atoms with Crippen molar-refractivity contribution in [3.05, 3.63) is 47.5 Å². The molecule has 1 atom stereocenters. The number of piperazine rings is 1. The molecule has 2 aliphatic heterocycles. The average molecular weight is 467 g/mol. The smallest absolute Gasteiger partial charge is 0.217 e. The monoisotopic (exact) mass is 466 g/mol. The normalized spacial score (nSPS) is 20.1. The van der Waals surface area contributed by atoms with Crippen molar-refractivity contribution in [2.24, 2.45) is 5.10 Å². The lowest BCUT2D eigenvalue weighted by Gasteiger charge is -2.39. The molecule has 184 valence electrons. The lowest BCUT2D eigenvalue weighted by Crippen LogP contribution is -2.52. The number of hydrogen-bond donors (Lipinski definition) is 1. The van der Waals surface area contributed by atoms with Gasteiger partial charge in [0.2, 0.25) is 5.88 Å². The van der Waals surface area contributed by atoms with Crippen molar-refractivity contribution in [1.82, 2.24) is 14.8 Å². The maximum absolute atomic E-state index is 6.13. The Balaban J connectivity index is 1.40. The van der Waals surface area contributed by atoms with E-state index in [9.17, 15) is 0 Å². The van der Waals surface area contributed by atoms with Crippen LogP contribution in [0.25, 0.3) is 0 Å². The van der Waals surface area contributed by atoms with Crippen LogP contribution in [0.5, 0.6) is 5.88 Å². The SMILES string of the molecule is CCN1CCN(CCOc2cc(N3CCOCC3)cc(NN=Cc3cccc(C)c3)n2)CC1C. The van der Waals surface area contributed by atoms with Crippen LogP contribution in [-0.4, -0.2) is 92.7 Å². The molecule has 2 aromatic rings. The summed E-state index contributed by atoms with van der Waals surface area (Å²) in [7, 11) is 0. The molecule has 0 radical (unpaired) electrons. The summed E-state index contributed by atoms with van der Waals surface area (Å²) in [6, 6.07) is 12.9. The Morgan fingerprint density at radius 3 is 2.79 bits per heavy atom. The summed E-state index contributed by atoms with van der Waals surface area (Å²) in [5.74, 6) is 1.30. The number of nitrogens with zero attached hydrogens (tertiary/aromatic N) is 5. The summed E-state index contributed by atoms with van der Waals surface area (Å²) in [4.78, 5) is 12.0. The number of aryl methyl sites for hydroxylation is 1. The minimum atomic E-state index is 0.587. The van der Waals surface area contributed by atoms with E-state index in [1.807, 2.05) is 30.5 Å². The van der Waals surface area contributed by atoms with E-state index in [0.29, 0.717) is 24.3 Å². The van der Waals surface area contributed by atoms with Gasteiger partial charge < -0.3 is 14.4 Å². The second-order valence-corrected chi connectivity index (χ2v) is 9.06. The van der Waals surface area contributed by atoms with E-state index in [1.165, 1.54) is 5.56 Å². The summed E-state index contributed by atoms with van der Waals surface area (Å²) in [6.45, 7) is 15.7. The number of likely N-dealkylation sites (N-methyl/N-ethyl adjacent to an activating group) is 1. The predicted octanol–water partition coefficient (Wildman–Crippen LogP) is 3.08. The molecule has 8 heteroatoms. The van der Waals surface area contributed by atoms with E-state index < -0.39 is 0 Å². The van der Waals surface area contributed by atoms with Crippen LogP contribution >= 0.6 is 0 Å². The third-order valence-electron chi connectivity index (χ3n) is 6.51. The molecule has 34 heavy (non-hydrogen) atoms. The molecule has 0 bridgehead atoms. The van der Waals surface area contributed by atoms with Crippen LogP contribution in [-0.2, 0) is 4.74 Å². The van der Waals surface area contributed by atoms with Gasteiger partial charge in [0.25, 0.3) is 0 Å². The molecule has 2 fully saturated rings. The summed E-state index contributed by atoms with van der Waals surface area (Å²) in [5, 5.41) is 4.41. The first-order chi connectivity index (χ1) is 16.6. The highest BCUT2D eigenvalue weighted by molar-refractivity contribution is 5.80. The van der Waals surface area contributed by atoms with Crippen molar-refractivity contribution >= 4 is 17.7 Å². The Bertz CT molecular complexity index is 947. The van der Waals surface area contributed by atoms with Crippen molar-refractivity contribution in [2.75, 3.05) is 76.0 Å². The highest BCUT2D eigenvalue weighted by atomic mass is 16.5. The molecule has 8 nitrogen and oxygen atoms in total. The molecule has 4 rings (SSSR count). The lowest BCUT2D eigenvalue weighted by molar-refractivity contribution is 0.0776. The van der Waals surface area contributed by atoms with Gasteiger partial charge in [0.15, 0.2) is 5.82 Å². The zero-order valence-electron chi connectivity index (χ0n) is 20.7. The van der Waals surface area contributed by atoms with Gasteiger partial charge in [-0.05, 0) is 26.0 Å². The Kier molecular flexibility index (Phi) is 8.73. The van der Waals surface area contributed by atoms with Gasteiger partial charge in [-0.3, -0.25) is 15.2 Å². The molecular weight excluding hydrogens is 428 g/mol. The highest BCUT2D eigenvalue weighted by Gasteiger charge is 2.22. The second kappa shape index (κ2) is 12.1. The number of rotatable bonds is 9. The largest absolute Gasteiger partial charge is 0.476 e. The van der Waals surface area contributed by atoms with Crippen LogP contribution in [0.1, 0.15) is 25.0 Å². The lowest BCUT2D eigenvalue weighted by atomic mass is 10.2. The molecule has 3 heterocycles. The number of hydrazone groups is 1. The molecule has 0 spiro atoms. The van der Waals surface area contributed by atoms with Gasteiger partial charge in [0.1, 0.15) is 6.61 Å². The summed E-state index contributed by atoms with van der Waals surface area (Å²) < 4.78 is 11.7. The number of hydrogen-bond acceptors (Lipinski definition) is 8. The number of morpholine rings is 1. The fraction of sp³-hybridized carbons (Fsp3) is 0.538. The molecule has 0 aliphatic carbocycles. The quantitative estimate of drug-likeness (QED) is 0.450. The molecule has 2 saturated heterocycles. The van der Waals surface area contributed by atoms with Crippen LogP contribution in [0.15, 0.2) is 41.5 Å². The molecular formula is C26H38N6O2. The van der Waals surface area contributed by atoms with Gasteiger partial charge in [-0.15, -0.1) is 0 Å². The number of pyridine rings is 1. The van der Waals surface area contributed by atoms with E-state index in [1.54, 1.807) is 0 Å². The predicted molar refractivity (Wildman–Crippen MR) is 138 cm³/mol. The Labute approximate surface area is 203 Å². The minimum Gasteiger partial charge on any atom is -0.476 e. The van der Waals surface area contributed by atoms with Crippen molar-refractivity contribution in [3.8, 4) is 5.88 Å². The molecule has 0 saturated carbocycles. The Morgan fingerprint density at radius 1 is 1.18 bits per heavy atom. The number of ether oxygens (including phenoxy) is 2. The van der Waals surface area contributed by atoms with E-state index in [0.717, 1.165) is 70.3 Å². The fourth-order valence-electron chi connectivity index (χ4n) is 4.57. The number of nitrogens with one attached hydrogen (secondary N) is 1. The fourth-order valence-corrected chi connectivity index (χ4v) is 4.57. The number of benzene rings is 1. The zero-order chi connectivity index (χ0) is 23.8. The Morgan fingerprint density at radius 2 is 2.03 bits per heavy atom. The first-order valence-electron chi connectivity index (χ1n) is 12.4. The van der Waals surface area contributed by atoms with Crippen LogP contribution < -0.4 is 15.1 Å². The highest BCUT2D eigenvalue weighted by Crippen LogP contribution is 2.25. The molecule has 1 aromatic carbocycles. The van der Waals surface area contributed by atoms with E-state index in [4.69, 9.17) is 9.47 Å². The van der Waals surface area contributed by atoms with Crippen molar-refractivity contribution < 1.29 is 9.47 Å². The summed E-state index contributed by atoms with van der Waals surface area (Å²) in [5.41, 5.74) is 6.42. The van der Waals surface area contributed by atoms with E-state index in [2.05, 4.69) is 63.1 Å². The molecule has 0 amide bonds.